The van der Waals surface area contributed by atoms with Gasteiger partial charge in [-0.1, -0.05) is 55.4 Å². The number of aromatic nitrogens is 2. The second kappa shape index (κ2) is 10.1. The van der Waals surface area contributed by atoms with Crippen molar-refractivity contribution in [2.24, 2.45) is 0 Å². The molecule has 0 spiro atoms. The van der Waals surface area contributed by atoms with Crippen molar-refractivity contribution in [2.45, 2.75) is 79.1 Å². The van der Waals surface area contributed by atoms with Gasteiger partial charge in [0.25, 0.3) is 0 Å². The Morgan fingerprint density at radius 1 is 0.450 bits per heavy atom. The van der Waals surface area contributed by atoms with Crippen molar-refractivity contribution in [1.29, 1.82) is 0 Å². The van der Waals surface area contributed by atoms with E-state index in [1.165, 1.54) is 22.8 Å². The molecule has 0 aliphatic heterocycles. The van der Waals surface area contributed by atoms with E-state index in [-0.39, 0.29) is 65.4 Å². The van der Waals surface area contributed by atoms with Crippen LogP contribution in [0.2, 0.25) is 0 Å². The molecule has 1 heterocycles. The van der Waals surface area contributed by atoms with Crippen molar-refractivity contribution >= 4 is 0 Å². The van der Waals surface area contributed by atoms with Crippen molar-refractivity contribution in [1.82, 2.24) is 9.97 Å². The fourth-order valence-electron chi connectivity index (χ4n) is 2.19. The van der Waals surface area contributed by atoms with Crippen LogP contribution in [-0.2, 0) is 65.4 Å². The van der Waals surface area contributed by atoms with Crippen LogP contribution in [0, 0.1) is 0 Å². The minimum atomic E-state index is 0. The van der Waals surface area contributed by atoms with E-state index in [4.69, 9.17) is 9.97 Å². The molecule has 0 aromatic carbocycles. The Kier molecular flexibility index (Phi) is 11.9. The molecule has 0 aliphatic rings. The Bertz CT molecular complexity index is 339. The second-order valence-corrected chi connectivity index (χ2v) is 6.38. The van der Waals surface area contributed by atoms with Crippen LogP contribution in [0.4, 0.5) is 0 Å². The fourth-order valence-corrected chi connectivity index (χ4v) is 2.19. The normalized spacial score (nSPS) is 11.0. The third kappa shape index (κ3) is 5.82. The minimum Gasteiger partial charge on any atom is -0.254 e. The quantitative estimate of drug-likeness (QED) is 0.680. The summed E-state index contributed by atoms with van der Waals surface area (Å²) in [6.45, 7) is 17.6. The Balaban J connectivity index is 0. The summed E-state index contributed by atoms with van der Waals surface area (Å²) in [5.74, 6) is 1.75. The molecule has 0 saturated carbocycles. The van der Waals surface area contributed by atoms with Crippen molar-refractivity contribution in [3.8, 4) is 0 Å². The predicted molar refractivity (Wildman–Crippen MR) is 78.4 cm³/mol. The first-order valence-corrected chi connectivity index (χ1v) is 7.17. The number of nitrogens with zero attached hydrogens (tertiary/aromatic N) is 2. The Morgan fingerprint density at radius 3 is 0.700 bits per heavy atom. The van der Waals surface area contributed by atoms with Gasteiger partial charge in [0.05, 0.1) is 22.8 Å². The van der Waals surface area contributed by atoms with Gasteiger partial charge in [0.1, 0.15) is 0 Å². The van der Waals surface area contributed by atoms with Gasteiger partial charge < -0.3 is 0 Å². The van der Waals surface area contributed by atoms with E-state index in [2.05, 4.69) is 55.4 Å². The van der Waals surface area contributed by atoms with Gasteiger partial charge in [0.15, 0.2) is 0 Å². The van der Waals surface area contributed by atoms with E-state index < -0.39 is 0 Å². The van der Waals surface area contributed by atoms with Crippen LogP contribution < -0.4 is 0 Å². The van der Waals surface area contributed by atoms with Crippen molar-refractivity contribution in [3.05, 3.63) is 22.8 Å². The minimum absolute atomic E-state index is 0. The van der Waals surface area contributed by atoms with Crippen molar-refractivity contribution in [2.75, 3.05) is 0 Å². The smallest absolute Gasteiger partial charge is 0.0650 e. The molecular formula is C16H28N2Y2. The zero-order chi connectivity index (χ0) is 14.0. The van der Waals surface area contributed by atoms with Crippen molar-refractivity contribution in [3.63, 3.8) is 0 Å². The van der Waals surface area contributed by atoms with Crippen LogP contribution in [0.15, 0.2) is 0 Å². The monoisotopic (exact) mass is 426 g/mol. The summed E-state index contributed by atoms with van der Waals surface area (Å²) >= 11 is 0. The van der Waals surface area contributed by atoms with Crippen LogP contribution in [-0.4, -0.2) is 9.97 Å². The summed E-state index contributed by atoms with van der Waals surface area (Å²) in [5.41, 5.74) is 4.72. The third-order valence-corrected chi connectivity index (χ3v) is 3.19. The van der Waals surface area contributed by atoms with E-state index >= 15 is 0 Å². The molecular weight excluding hydrogens is 398 g/mol. The Labute approximate surface area is 175 Å². The van der Waals surface area contributed by atoms with E-state index in [0.717, 1.165) is 0 Å². The fraction of sp³-hybridized carbons (Fsp3) is 0.750. The summed E-state index contributed by atoms with van der Waals surface area (Å²) in [6, 6.07) is 0. The number of hydrogen-bond donors (Lipinski definition) is 0. The molecule has 108 valence electrons. The van der Waals surface area contributed by atoms with Gasteiger partial charge in [-0.2, -0.15) is 0 Å². The van der Waals surface area contributed by atoms with Crippen LogP contribution >= 0.6 is 0 Å². The van der Waals surface area contributed by atoms with E-state index in [1.807, 2.05) is 0 Å². The maximum absolute atomic E-state index is 4.95. The van der Waals surface area contributed by atoms with Gasteiger partial charge in [-0.15, -0.1) is 0 Å². The molecule has 0 saturated heterocycles. The first-order chi connectivity index (χ1) is 8.25. The average molecular weight is 426 g/mol. The first kappa shape index (κ1) is 23.6. The Morgan fingerprint density at radius 2 is 0.600 bits per heavy atom. The topological polar surface area (TPSA) is 25.8 Å². The largest absolute Gasteiger partial charge is 0.254 e. The molecule has 4 heteroatoms. The molecule has 1 aromatic rings. The number of rotatable bonds is 4. The molecule has 0 aliphatic carbocycles. The first-order valence-electron chi connectivity index (χ1n) is 7.17. The van der Waals surface area contributed by atoms with Gasteiger partial charge in [-0.3, -0.25) is 9.97 Å². The maximum atomic E-state index is 4.95. The standard InChI is InChI=1S/C16H28N2.2Y/c1-9(2)13-14(10(3)4)18-16(12(7)8)15(17-13)11(5)6;;/h9-12H,1-8H3;;. The molecule has 0 N–H and O–H groups in total. The molecule has 1 rings (SSSR count). The van der Waals surface area contributed by atoms with Crippen LogP contribution in [0.1, 0.15) is 102 Å². The zero-order valence-corrected chi connectivity index (χ0v) is 20.0. The molecule has 0 fully saturated rings. The molecule has 0 atom stereocenters. The Hall–Kier alpha value is 1.29. The second-order valence-electron chi connectivity index (χ2n) is 6.38. The molecule has 2 radical (unpaired) electrons. The van der Waals surface area contributed by atoms with Gasteiger partial charge in [0.2, 0.25) is 0 Å². The van der Waals surface area contributed by atoms with Crippen molar-refractivity contribution < 1.29 is 65.4 Å². The molecule has 0 unspecified atom stereocenters. The molecule has 2 nitrogen and oxygen atoms in total. The maximum Gasteiger partial charge on any atom is 0.0650 e. The van der Waals surface area contributed by atoms with Gasteiger partial charge in [-0.05, 0) is 23.7 Å². The summed E-state index contributed by atoms with van der Waals surface area (Å²) in [5, 5.41) is 0. The summed E-state index contributed by atoms with van der Waals surface area (Å²) < 4.78 is 0. The summed E-state index contributed by atoms with van der Waals surface area (Å²) in [6.07, 6.45) is 0. The SMILES string of the molecule is CC(C)c1nc(C(C)C)c(C(C)C)nc1C(C)C.[Y].[Y]. The van der Waals surface area contributed by atoms with E-state index in [0.29, 0.717) is 23.7 Å². The van der Waals surface area contributed by atoms with E-state index in [1.54, 1.807) is 0 Å². The average Bonchev–Trinajstić information content (AvgIpc) is 2.26. The van der Waals surface area contributed by atoms with Gasteiger partial charge in [0, 0.05) is 65.4 Å². The summed E-state index contributed by atoms with van der Waals surface area (Å²) in [7, 11) is 0. The van der Waals surface area contributed by atoms with Crippen LogP contribution in [0.5, 0.6) is 0 Å². The molecule has 1 aromatic heterocycles. The zero-order valence-electron chi connectivity index (χ0n) is 14.4. The number of hydrogen-bond acceptors (Lipinski definition) is 2. The summed E-state index contributed by atoms with van der Waals surface area (Å²) in [4.78, 5) is 9.90. The van der Waals surface area contributed by atoms with Gasteiger partial charge >= 0.3 is 0 Å². The van der Waals surface area contributed by atoms with Crippen LogP contribution in [0.25, 0.3) is 0 Å². The van der Waals surface area contributed by atoms with Gasteiger partial charge in [-0.25, -0.2) is 0 Å². The van der Waals surface area contributed by atoms with E-state index in [9.17, 15) is 0 Å². The molecule has 0 amide bonds. The third-order valence-electron chi connectivity index (χ3n) is 3.19. The molecule has 0 bridgehead atoms. The molecule has 20 heavy (non-hydrogen) atoms. The predicted octanol–water partition coefficient (Wildman–Crippen LogP) is 4.97. The van der Waals surface area contributed by atoms with Crippen LogP contribution in [0.3, 0.4) is 0 Å².